The summed E-state index contributed by atoms with van der Waals surface area (Å²) in [6.45, 7) is 6.18. The molecule has 166 valence electrons. The molecule has 0 amide bonds. The summed E-state index contributed by atoms with van der Waals surface area (Å²) in [4.78, 5) is 14.3. The summed E-state index contributed by atoms with van der Waals surface area (Å²) in [7, 11) is -1.18. The predicted octanol–water partition coefficient (Wildman–Crippen LogP) is 3.01. The molecule has 2 aromatic heterocycles. The molecule has 3 heterocycles. The number of hydrogen-bond donors (Lipinski definition) is 1. The number of fused-ring (bicyclic) bond motifs is 1. The molecule has 1 saturated heterocycles. The molecule has 1 aliphatic heterocycles. The van der Waals surface area contributed by atoms with E-state index in [4.69, 9.17) is 0 Å². The Balaban J connectivity index is 1.38. The highest BCUT2D eigenvalue weighted by molar-refractivity contribution is 7.86. The lowest BCUT2D eigenvalue weighted by atomic mass is 9.67. The molecule has 8 nitrogen and oxygen atoms in total. The van der Waals surface area contributed by atoms with Crippen LogP contribution < -0.4 is 4.90 Å². The van der Waals surface area contributed by atoms with Crippen molar-refractivity contribution in [2.24, 2.45) is 5.41 Å². The number of hydrogen-bond acceptors (Lipinski definition) is 5. The number of piperidine rings is 1. The van der Waals surface area contributed by atoms with Crippen molar-refractivity contribution < 1.29 is 8.42 Å². The molecule has 1 spiro atoms. The zero-order valence-corrected chi connectivity index (χ0v) is 19.2. The molecule has 0 radical (unpaired) electrons. The number of nitrogens with one attached hydrogen (secondary N) is 1. The highest BCUT2D eigenvalue weighted by Gasteiger charge is 2.42. The van der Waals surface area contributed by atoms with Crippen molar-refractivity contribution in [3.05, 3.63) is 18.6 Å². The Hall–Kier alpha value is -1.71. The summed E-state index contributed by atoms with van der Waals surface area (Å²) < 4.78 is 28.9. The third-order valence-electron chi connectivity index (χ3n) is 7.37. The normalized spacial score (nSPS) is 20.9. The van der Waals surface area contributed by atoms with Gasteiger partial charge in [-0.15, -0.1) is 0 Å². The van der Waals surface area contributed by atoms with Crippen LogP contribution in [0.1, 0.15) is 52.4 Å². The molecule has 0 aromatic carbocycles. The third kappa shape index (κ3) is 3.83. The average Bonchev–Trinajstić information content (AvgIpc) is 3.24. The van der Waals surface area contributed by atoms with Gasteiger partial charge >= 0.3 is 0 Å². The van der Waals surface area contributed by atoms with Crippen molar-refractivity contribution in [3.63, 3.8) is 0 Å². The first-order valence-electron chi connectivity index (χ1n) is 11.2. The van der Waals surface area contributed by atoms with Gasteiger partial charge in [-0.05, 0) is 50.0 Å². The molecule has 2 aromatic rings. The van der Waals surface area contributed by atoms with Gasteiger partial charge in [0.25, 0.3) is 10.2 Å². The van der Waals surface area contributed by atoms with Crippen molar-refractivity contribution in [2.75, 3.05) is 38.1 Å². The van der Waals surface area contributed by atoms with Crippen LogP contribution in [-0.4, -0.2) is 71.2 Å². The van der Waals surface area contributed by atoms with Crippen molar-refractivity contribution in [1.29, 1.82) is 0 Å². The van der Waals surface area contributed by atoms with E-state index in [1.165, 1.54) is 0 Å². The Morgan fingerprint density at radius 1 is 1.13 bits per heavy atom. The highest BCUT2D eigenvalue weighted by atomic mass is 32.2. The fourth-order valence-electron chi connectivity index (χ4n) is 5.32. The predicted molar refractivity (Wildman–Crippen MR) is 120 cm³/mol. The molecule has 1 saturated carbocycles. The number of aromatic amines is 1. The Bertz CT molecular complexity index is 953. The van der Waals surface area contributed by atoms with Crippen LogP contribution in [0.2, 0.25) is 0 Å². The van der Waals surface area contributed by atoms with Crippen molar-refractivity contribution in [3.8, 4) is 0 Å². The Labute approximate surface area is 179 Å². The van der Waals surface area contributed by atoms with E-state index in [1.54, 1.807) is 14.9 Å². The fraction of sp³-hybridized carbons (Fsp3) is 0.714. The Morgan fingerprint density at radius 3 is 2.43 bits per heavy atom. The van der Waals surface area contributed by atoms with E-state index >= 15 is 0 Å². The molecular formula is C21H34N6O2S. The van der Waals surface area contributed by atoms with Crippen LogP contribution in [0.3, 0.4) is 0 Å². The van der Waals surface area contributed by atoms with Gasteiger partial charge in [0.05, 0.1) is 5.39 Å². The van der Waals surface area contributed by atoms with E-state index in [0.717, 1.165) is 55.4 Å². The number of H-pyrrole nitrogens is 1. The summed E-state index contributed by atoms with van der Waals surface area (Å²) in [5.74, 6) is 0.988. The Morgan fingerprint density at radius 2 is 1.80 bits per heavy atom. The van der Waals surface area contributed by atoms with Gasteiger partial charge in [0.1, 0.15) is 17.8 Å². The van der Waals surface area contributed by atoms with Crippen LogP contribution in [0.4, 0.5) is 5.82 Å². The third-order valence-corrected chi connectivity index (χ3v) is 9.56. The highest BCUT2D eigenvalue weighted by Crippen LogP contribution is 2.46. The van der Waals surface area contributed by atoms with Gasteiger partial charge in [-0.25, -0.2) is 9.97 Å². The second-order valence-corrected chi connectivity index (χ2v) is 10.7. The number of nitrogens with zero attached hydrogens (tertiary/aromatic N) is 5. The average molecular weight is 435 g/mol. The van der Waals surface area contributed by atoms with Gasteiger partial charge in [0.2, 0.25) is 0 Å². The lowest BCUT2D eigenvalue weighted by Crippen LogP contribution is -2.50. The SMILES string of the molecule is CCN(CC)S(=O)(=O)N1CCC2(CCC(N(C)c3ncnc4[nH]ccc34)CC2)CC1. The molecule has 0 unspecified atom stereocenters. The van der Waals surface area contributed by atoms with Crippen LogP contribution in [0.5, 0.6) is 0 Å². The maximum Gasteiger partial charge on any atom is 0.281 e. The van der Waals surface area contributed by atoms with Gasteiger partial charge in [-0.1, -0.05) is 13.8 Å². The van der Waals surface area contributed by atoms with E-state index in [0.29, 0.717) is 37.6 Å². The van der Waals surface area contributed by atoms with Gasteiger partial charge in [-0.3, -0.25) is 0 Å². The number of aromatic nitrogens is 3. The molecule has 0 atom stereocenters. The lowest BCUT2D eigenvalue weighted by molar-refractivity contribution is 0.0918. The summed E-state index contributed by atoms with van der Waals surface area (Å²) in [6.07, 6.45) is 10.0. The number of rotatable bonds is 6. The van der Waals surface area contributed by atoms with Crippen molar-refractivity contribution in [1.82, 2.24) is 23.6 Å². The van der Waals surface area contributed by atoms with E-state index < -0.39 is 10.2 Å². The first kappa shape index (κ1) is 21.5. The molecular weight excluding hydrogens is 400 g/mol. The number of anilines is 1. The lowest BCUT2D eigenvalue weighted by Gasteiger charge is -2.47. The molecule has 0 bridgehead atoms. The molecule has 2 fully saturated rings. The minimum absolute atomic E-state index is 0.293. The molecule has 1 aliphatic carbocycles. The summed E-state index contributed by atoms with van der Waals surface area (Å²) in [6, 6.07) is 2.50. The van der Waals surface area contributed by atoms with Crippen LogP contribution in [0.25, 0.3) is 11.0 Å². The van der Waals surface area contributed by atoms with Crippen LogP contribution in [0.15, 0.2) is 18.6 Å². The fourth-order valence-corrected chi connectivity index (χ4v) is 6.94. The van der Waals surface area contributed by atoms with E-state index in [2.05, 4.69) is 26.9 Å². The minimum atomic E-state index is -3.31. The molecule has 30 heavy (non-hydrogen) atoms. The maximum atomic E-state index is 12.8. The van der Waals surface area contributed by atoms with Gasteiger partial charge in [0, 0.05) is 45.5 Å². The minimum Gasteiger partial charge on any atom is -0.356 e. The zero-order valence-electron chi connectivity index (χ0n) is 18.3. The van der Waals surface area contributed by atoms with Gasteiger partial charge in [-0.2, -0.15) is 17.0 Å². The second-order valence-electron chi connectivity index (χ2n) is 8.77. The molecule has 2 aliphatic rings. The van der Waals surface area contributed by atoms with Gasteiger partial charge < -0.3 is 9.88 Å². The quantitative estimate of drug-likeness (QED) is 0.755. The van der Waals surface area contributed by atoms with E-state index in [-0.39, 0.29) is 0 Å². The van der Waals surface area contributed by atoms with Crippen LogP contribution in [0, 0.1) is 5.41 Å². The topological polar surface area (TPSA) is 85.4 Å². The van der Waals surface area contributed by atoms with Crippen molar-refractivity contribution in [2.45, 2.75) is 58.4 Å². The second kappa shape index (κ2) is 8.43. The standard InChI is InChI=1S/C21H34N6O2S/c1-4-26(5-2)30(28,29)27-14-11-21(12-15-27)9-6-17(7-10-21)25(3)20-18-8-13-22-19(18)23-16-24-20/h8,13,16-17H,4-7,9-12,14-15H2,1-3H3,(H,22,23,24). The maximum absolute atomic E-state index is 12.8. The van der Waals surface area contributed by atoms with Crippen LogP contribution in [-0.2, 0) is 10.2 Å². The van der Waals surface area contributed by atoms with E-state index in [1.807, 2.05) is 26.1 Å². The zero-order chi connectivity index (χ0) is 21.4. The monoisotopic (exact) mass is 434 g/mol. The van der Waals surface area contributed by atoms with Crippen molar-refractivity contribution >= 4 is 27.1 Å². The largest absolute Gasteiger partial charge is 0.356 e. The Kier molecular flexibility index (Phi) is 6.05. The first-order chi connectivity index (χ1) is 14.4. The molecule has 9 heteroatoms. The summed E-state index contributed by atoms with van der Waals surface area (Å²) in [5.41, 5.74) is 1.17. The molecule has 1 N–H and O–H groups in total. The smallest absolute Gasteiger partial charge is 0.281 e. The summed E-state index contributed by atoms with van der Waals surface area (Å²) in [5, 5.41) is 1.07. The van der Waals surface area contributed by atoms with Crippen LogP contribution >= 0.6 is 0 Å². The first-order valence-corrected chi connectivity index (χ1v) is 12.6. The van der Waals surface area contributed by atoms with Gasteiger partial charge in [0.15, 0.2) is 0 Å². The molecule has 4 rings (SSSR count). The summed E-state index contributed by atoms with van der Waals surface area (Å²) >= 11 is 0. The van der Waals surface area contributed by atoms with E-state index in [9.17, 15) is 8.42 Å².